The molecule has 3 aliphatic rings. The Bertz CT molecular complexity index is 2660. The van der Waals surface area contributed by atoms with Crippen molar-refractivity contribution >= 4 is 63.9 Å². The molecule has 2 fully saturated rings. The maximum Gasteiger partial charge on any atom is 0.319 e. The number of aromatic nitrogens is 4. The average Bonchev–Trinajstić information content (AvgIpc) is 4.08. The van der Waals surface area contributed by atoms with E-state index in [0.29, 0.717) is 108 Å². The summed E-state index contributed by atoms with van der Waals surface area (Å²) in [5.74, 6) is -1.87. The molecule has 2 saturated heterocycles. The average molecular weight is 1070 g/mol. The second kappa shape index (κ2) is 27.6. The number of benzene rings is 2. The molecule has 0 aliphatic carbocycles. The fraction of sp³-hybridized carbons (Fsp3) is 0.566. The van der Waals surface area contributed by atoms with Crippen molar-refractivity contribution in [2.24, 2.45) is 0 Å². The number of amides is 7. The van der Waals surface area contributed by atoms with Gasteiger partial charge in [-0.25, -0.2) is 19.7 Å². The molecule has 2 aromatic heterocycles. The van der Waals surface area contributed by atoms with Gasteiger partial charge >= 0.3 is 6.03 Å². The number of carbonyl (C=O) groups is 6. The van der Waals surface area contributed by atoms with Gasteiger partial charge < -0.3 is 55.7 Å². The van der Waals surface area contributed by atoms with E-state index in [1.54, 1.807) is 16.7 Å². The first kappa shape index (κ1) is 58.0. The topological polar surface area (TPSA) is 302 Å². The summed E-state index contributed by atoms with van der Waals surface area (Å²) in [6.07, 6.45) is 1.32. The fourth-order valence-corrected chi connectivity index (χ4v) is 9.18. The van der Waals surface area contributed by atoms with Crippen LogP contribution >= 0.6 is 0 Å². The number of aliphatic hydroxyl groups excluding tert-OH is 2. The number of hydrogen-bond donors (Lipinski definition) is 8. The molecule has 8 N–H and O–H groups in total. The highest BCUT2D eigenvalue weighted by atomic mass is 16.6. The smallest absolute Gasteiger partial charge is 0.319 e. The summed E-state index contributed by atoms with van der Waals surface area (Å²) in [4.78, 5) is 91.6. The van der Waals surface area contributed by atoms with Gasteiger partial charge in [0.15, 0.2) is 23.2 Å². The Labute approximate surface area is 447 Å². The van der Waals surface area contributed by atoms with Gasteiger partial charge in [0.05, 0.1) is 57.1 Å². The van der Waals surface area contributed by atoms with Crippen LogP contribution in [0.25, 0.3) is 11.2 Å². The van der Waals surface area contributed by atoms with Gasteiger partial charge in [-0.2, -0.15) is 0 Å². The SMILES string of the molecule is CC(C)N(CCCNC(=O)Nc1ccc(C(C)(C)C)cc1)CC1OC(n2cnc3c(NCCCCNC(=O)CCOCCOCCOCCNc4cccc5c4C(=O)N(C4CCC(=O)NC4=O)C5=O)ncnc32)C(O)C1O. The molecule has 5 heterocycles. The molecule has 4 aromatic rings. The molecular formula is C53H74N12O12. The van der Waals surface area contributed by atoms with Crippen molar-refractivity contribution in [3.05, 3.63) is 71.8 Å². The molecule has 7 amide bonds. The van der Waals surface area contributed by atoms with E-state index in [-0.39, 0.29) is 60.4 Å². The summed E-state index contributed by atoms with van der Waals surface area (Å²) >= 11 is 0. The van der Waals surface area contributed by atoms with Gasteiger partial charge in [-0.1, -0.05) is 39.0 Å². The summed E-state index contributed by atoms with van der Waals surface area (Å²) in [7, 11) is 0. The third-order valence-electron chi connectivity index (χ3n) is 13.5. The second-order valence-electron chi connectivity index (χ2n) is 20.4. The lowest BCUT2D eigenvalue weighted by molar-refractivity contribution is -0.136. The van der Waals surface area contributed by atoms with Crippen LogP contribution in [-0.4, -0.2) is 184 Å². The maximum absolute atomic E-state index is 13.3. The highest BCUT2D eigenvalue weighted by Crippen LogP contribution is 2.34. The Morgan fingerprint density at radius 3 is 2.27 bits per heavy atom. The number of rotatable bonds is 29. The third kappa shape index (κ3) is 15.5. The number of anilines is 3. The lowest BCUT2D eigenvalue weighted by Gasteiger charge is -2.30. The summed E-state index contributed by atoms with van der Waals surface area (Å²) in [6.45, 7) is 15.1. The number of piperidine rings is 1. The number of carbonyl (C=O) groups excluding carboxylic acids is 6. The van der Waals surface area contributed by atoms with E-state index in [1.807, 2.05) is 38.1 Å². The molecule has 418 valence electrons. The van der Waals surface area contributed by atoms with Crippen molar-refractivity contribution in [3.8, 4) is 0 Å². The molecule has 77 heavy (non-hydrogen) atoms. The Kier molecular flexibility index (Phi) is 20.8. The summed E-state index contributed by atoms with van der Waals surface area (Å²) < 4.78 is 24.6. The van der Waals surface area contributed by atoms with E-state index < -0.39 is 54.2 Å². The largest absolute Gasteiger partial charge is 0.387 e. The van der Waals surface area contributed by atoms with Crippen LogP contribution in [0.4, 0.5) is 22.0 Å². The quantitative estimate of drug-likeness (QED) is 0.0286. The first-order valence-corrected chi connectivity index (χ1v) is 26.4. The van der Waals surface area contributed by atoms with Crippen LogP contribution in [-0.2, 0) is 38.7 Å². The first-order chi connectivity index (χ1) is 37.0. The van der Waals surface area contributed by atoms with E-state index in [2.05, 4.69) is 72.5 Å². The molecule has 3 aliphatic heterocycles. The third-order valence-corrected chi connectivity index (χ3v) is 13.5. The van der Waals surface area contributed by atoms with E-state index >= 15 is 0 Å². The van der Waals surface area contributed by atoms with Crippen molar-refractivity contribution in [2.75, 3.05) is 94.9 Å². The van der Waals surface area contributed by atoms with Crippen molar-refractivity contribution in [2.45, 2.75) is 115 Å². The molecule has 7 rings (SSSR count). The van der Waals surface area contributed by atoms with E-state index in [4.69, 9.17) is 18.9 Å². The van der Waals surface area contributed by atoms with E-state index in [1.165, 1.54) is 24.3 Å². The van der Waals surface area contributed by atoms with Crippen molar-refractivity contribution in [3.63, 3.8) is 0 Å². The van der Waals surface area contributed by atoms with Crippen LogP contribution in [0, 0.1) is 0 Å². The predicted molar refractivity (Wildman–Crippen MR) is 284 cm³/mol. The number of unbranched alkanes of at least 4 members (excludes halogenated alkanes) is 1. The number of nitrogens with zero attached hydrogens (tertiary/aromatic N) is 6. The zero-order valence-corrected chi connectivity index (χ0v) is 44.5. The first-order valence-electron chi connectivity index (χ1n) is 26.4. The highest BCUT2D eigenvalue weighted by Gasteiger charge is 2.47. The maximum atomic E-state index is 13.3. The van der Waals surface area contributed by atoms with Gasteiger partial charge in [0, 0.05) is 69.5 Å². The standard InChI is InChI=1S/C53H74N12O12/c1-33(2)63(23-9-21-57-52(73)61-35-14-12-34(13-15-35)53(3,4)5)30-39-44(68)45(69)51(77-39)64-32-60-43-46(58-31-59-47(43)64)56-20-7-6-19-55-40(66)18-24-74-26-28-76-29-27-75-25-22-54-37-11-8-10-36-42(37)50(72)65(49(36)71)38-16-17-41(67)62-48(38)70/h8,10-15,31-33,38-39,44-45,51,54,68-69H,6-7,9,16-30H2,1-5H3,(H,55,66)(H,56,58,59)(H2,57,61,73)(H,62,67,70). The molecule has 0 radical (unpaired) electrons. The number of nitrogens with one attached hydrogen (secondary N) is 6. The van der Waals surface area contributed by atoms with Gasteiger partial charge in [0.1, 0.15) is 30.7 Å². The van der Waals surface area contributed by atoms with Crippen LogP contribution in [0.1, 0.15) is 106 Å². The van der Waals surface area contributed by atoms with Crippen LogP contribution in [0.2, 0.25) is 0 Å². The monoisotopic (exact) mass is 1070 g/mol. The molecule has 0 saturated carbocycles. The molecule has 24 nitrogen and oxygen atoms in total. The van der Waals surface area contributed by atoms with Gasteiger partial charge in [0.2, 0.25) is 17.7 Å². The zero-order valence-electron chi connectivity index (χ0n) is 44.5. The van der Waals surface area contributed by atoms with Gasteiger partial charge in [-0.15, -0.1) is 0 Å². The molecule has 0 spiro atoms. The number of imide groups is 2. The lowest BCUT2D eigenvalue weighted by atomic mass is 9.87. The summed E-state index contributed by atoms with van der Waals surface area (Å²) in [5, 5.41) is 39.6. The Hall–Kier alpha value is -6.67. The molecule has 5 atom stereocenters. The Morgan fingerprint density at radius 1 is 0.831 bits per heavy atom. The second-order valence-corrected chi connectivity index (χ2v) is 20.4. The summed E-state index contributed by atoms with van der Waals surface area (Å²) in [5.41, 5.74) is 3.67. The minimum absolute atomic E-state index is 0.0219. The van der Waals surface area contributed by atoms with Crippen LogP contribution in [0.15, 0.2) is 55.1 Å². The fourth-order valence-electron chi connectivity index (χ4n) is 9.18. The van der Waals surface area contributed by atoms with Crippen molar-refractivity contribution in [1.82, 2.24) is 45.3 Å². The van der Waals surface area contributed by atoms with E-state index in [9.17, 15) is 39.0 Å². The molecule has 24 heteroatoms. The van der Waals surface area contributed by atoms with Gasteiger partial charge in [-0.3, -0.25) is 43.7 Å². The minimum atomic E-state index is -1.24. The zero-order chi connectivity index (χ0) is 55.1. The predicted octanol–water partition coefficient (Wildman–Crippen LogP) is 2.93. The molecule has 5 unspecified atom stereocenters. The van der Waals surface area contributed by atoms with Crippen LogP contribution < -0.4 is 31.9 Å². The highest BCUT2D eigenvalue weighted by molar-refractivity contribution is 6.25. The van der Waals surface area contributed by atoms with Crippen LogP contribution in [0.5, 0.6) is 0 Å². The molecular weight excluding hydrogens is 997 g/mol. The lowest BCUT2D eigenvalue weighted by Crippen LogP contribution is -2.54. The number of urea groups is 1. The summed E-state index contributed by atoms with van der Waals surface area (Å²) in [6, 6.07) is 11.5. The normalized spacial score (nSPS) is 19.5. The van der Waals surface area contributed by atoms with Gasteiger partial charge in [0.25, 0.3) is 11.8 Å². The number of ether oxygens (including phenoxy) is 4. The number of aliphatic hydroxyl groups is 2. The van der Waals surface area contributed by atoms with Gasteiger partial charge in [-0.05, 0) is 74.8 Å². The van der Waals surface area contributed by atoms with Crippen molar-refractivity contribution < 1.29 is 57.9 Å². The Morgan fingerprint density at radius 2 is 1.55 bits per heavy atom. The van der Waals surface area contributed by atoms with E-state index in [0.717, 1.165) is 17.0 Å². The van der Waals surface area contributed by atoms with Crippen LogP contribution in [0.3, 0.4) is 0 Å². The molecule has 0 bridgehead atoms. The molecule has 2 aromatic carbocycles. The minimum Gasteiger partial charge on any atom is -0.387 e. The number of fused-ring (bicyclic) bond motifs is 2. The number of hydrogen-bond acceptors (Lipinski definition) is 18. The number of imidazole rings is 1. The van der Waals surface area contributed by atoms with Crippen molar-refractivity contribution in [1.29, 1.82) is 0 Å². The Balaban J connectivity index is 0.709.